The van der Waals surface area contributed by atoms with Crippen LogP contribution in [-0.4, -0.2) is 57.4 Å². The molecule has 7 nitrogen and oxygen atoms in total. The number of hydrogen-bond acceptors (Lipinski definition) is 6. The highest BCUT2D eigenvalue weighted by atomic mass is 32.2. The van der Waals surface area contributed by atoms with Crippen molar-refractivity contribution >= 4 is 22.9 Å². The minimum atomic E-state index is -0.503. The monoisotopic (exact) mass is 440 g/mol. The highest BCUT2D eigenvalue weighted by Gasteiger charge is 2.10. The molecule has 1 aromatic heterocycles. The molecule has 1 fully saturated rings. The van der Waals surface area contributed by atoms with E-state index in [0.717, 1.165) is 53.4 Å². The maximum atomic E-state index is 11.4. The molecule has 3 aromatic rings. The molecule has 31 heavy (non-hydrogen) atoms. The van der Waals surface area contributed by atoms with Crippen molar-refractivity contribution in [3.05, 3.63) is 65.5 Å². The van der Waals surface area contributed by atoms with Crippen molar-refractivity contribution in [2.24, 2.45) is 0 Å². The summed E-state index contributed by atoms with van der Waals surface area (Å²) in [5.74, 6) is 2.78. The van der Waals surface area contributed by atoms with Crippen LogP contribution in [0.25, 0.3) is 11.5 Å². The summed E-state index contributed by atoms with van der Waals surface area (Å²) in [6.45, 7) is 6.29. The van der Waals surface area contributed by atoms with Crippen molar-refractivity contribution in [2.45, 2.75) is 20.4 Å². The van der Waals surface area contributed by atoms with Crippen molar-refractivity contribution in [3.63, 3.8) is 0 Å². The van der Waals surface area contributed by atoms with Crippen molar-refractivity contribution in [3.8, 4) is 11.5 Å². The summed E-state index contributed by atoms with van der Waals surface area (Å²) in [5.41, 5.74) is 3.90. The van der Waals surface area contributed by atoms with Gasteiger partial charge in [0.15, 0.2) is 0 Å². The van der Waals surface area contributed by atoms with Crippen LogP contribution in [0.5, 0.6) is 0 Å². The van der Waals surface area contributed by atoms with E-state index in [0.29, 0.717) is 18.3 Å². The molecule has 1 aliphatic rings. The van der Waals surface area contributed by atoms with E-state index >= 15 is 0 Å². The Hall–Kier alpha value is -2.84. The van der Waals surface area contributed by atoms with E-state index in [4.69, 9.17) is 4.42 Å². The van der Waals surface area contributed by atoms with Crippen LogP contribution in [0.3, 0.4) is 0 Å². The van der Waals surface area contributed by atoms with E-state index in [1.807, 2.05) is 55.5 Å². The van der Waals surface area contributed by atoms with Gasteiger partial charge in [-0.25, -0.2) is 0 Å². The summed E-state index contributed by atoms with van der Waals surface area (Å²) < 4.78 is 16.1. The van der Waals surface area contributed by atoms with E-state index in [2.05, 4.69) is 22.1 Å². The van der Waals surface area contributed by atoms with E-state index in [-0.39, 0.29) is 0 Å². The molecule has 164 valence electrons. The van der Waals surface area contributed by atoms with Crippen LogP contribution in [0.4, 0.5) is 5.69 Å². The van der Waals surface area contributed by atoms with Gasteiger partial charge in [-0.05, 0) is 49.4 Å². The molecule has 1 amide bonds. The number of nitrogens with zero attached hydrogens (tertiary/aromatic N) is 4. The topological polar surface area (TPSA) is 79.5 Å². The average molecular weight is 441 g/mol. The number of carbonyl (C=O) groups is 1. The second-order valence-electron chi connectivity index (χ2n) is 7.55. The first kappa shape index (κ1) is 22.8. The highest BCUT2D eigenvalue weighted by molar-refractivity contribution is 7.85. The number of rotatable bonds is 5. The molecule has 0 aliphatic carbocycles. The van der Waals surface area contributed by atoms with Crippen molar-refractivity contribution in [1.82, 2.24) is 15.1 Å². The van der Waals surface area contributed by atoms with E-state index in [1.54, 1.807) is 11.8 Å². The molecule has 0 unspecified atom stereocenters. The number of amides is 1. The van der Waals surface area contributed by atoms with Gasteiger partial charge in [-0.15, -0.1) is 10.2 Å². The van der Waals surface area contributed by atoms with Crippen molar-refractivity contribution in [2.75, 3.05) is 36.5 Å². The third-order valence-electron chi connectivity index (χ3n) is 4.94. The summed E-state index contributed by atoms with van der Waals surface area (Å²) >= 11 is 0. The highest BCUT2D eigenvalue weighted by Crippen LogP contribution is 2.21. The Bertz CT molecular complexity index is 1010. The summed E-state index contributed by atoms with van der Waals surface area (Å²) in [6, 6.07) is 15.6. The first-order valence-corrected chi connectivity index (χ1v) is 11.6. The molecule has 0 spiro atoms. The van der Waals surface area contributed by atoms with Gasteiger partial charge in [0.1, 0.15) is 0 Å². The van der Waals surface area contributed by atoms with E-state index < -0.39 is 10.8 Å². The minimum Gasteiger partial charge on any atom is -0.421 e. The van der Waals surface area contributed by atoms with Gasteiger partial charge < -0.3 is 14.2 Å². The third kappa shape index (κ3) is 6.83. The van der Waals surface area contributed by atoms with Crippen LogP contribution in [-0.2, 0) is 22.1 Å². The standard InChI is InChI=1S/C18H17N3O2.C5H11NOS/c1-13-4-3-5-17(10-13)21(12-22)11-15-6-8-16(9-7-15)18-20-19-14(2)23-18;1-6-2-4-8(7)5-3-6/h3-10,12H,11H2,1-2H3;2-5H2,1H3. The quantitative estimate of drug-likeness (QED) is 0.567. The van der Waals surface area contributed by atoms with Gasteiger partial charge in [0, 0.05) is 53.6 Å². The Morgan fingerprint density at radius 2 is 1.81 bits per heavy atom. The van der Waals surface area contributed by atoms with Crippen molar-refractivity contribution < 1.29 is 13.4 Å². The van der Waals surface area contributed by atoms with Crippen LogP contribution >= 0.6 is 0 Å². The fraction of sp³-hybridized carbons (Fsp3) is 0.348. The van der Waals surface area contributed by atoms with Crippen LogP contribution in [0.15, 0.2) is 52.9 Å². The lowest BCUT2D eigenvalue weighted by atomic mass is 10.1. The minimum absolute atomic E-state index is 0.500. The van der Waals surface area contributed by atoms with Crippen LogP contribution in [0.2, 0.25) is 0 Å². The summed E-state index contributed by atoms with van der Waals surface area (Å²) in [6.07, 6.45) is 0.851. The number of aryl methyl sites for hydroxylation is 2. The largest absolute Gasteiger partial charge is 0.421 e. The summed E-state index contributed by atoms with van der Waals surface area (Å²) in [4.78, 5) is 15.3. The molecular formula is C23H28N4O3S. The smallest absolute Gasteiger partial charge is 0.247 e. The SMILES string of the molecule is CN1CCS(=O)CC1.Cc1cccc(N(C=O)Cc2ccc(-c3nnc(C)o3)cc2)c1. The molecule has 0 atom stereocenters. The van der Waals surface area contributed by atoms with Crippen LogP contribution in [0.1, 0.15) is 17.0 Å². The Morgan fingerprint density at radius 3 is 2.35 bits per heavy atom. The molecule has 0 radical (unpaired) electrons. The lowest BCUT2D eigenvalue weighted by Gasteiger charge is -2.20. The molecule has 2 heterocycles. The molecule has 1 saturated heterocycles. The average Bonchev–Trinajstić information content (AvgIpc) is 3.21. The normalized spacial score (nSPS) is 14.5. The van der Waals surface area contributed by atoms with Gasteiger partial charge in [-0.2, -0.15) is 0 Å². The summed E-state index contributed by atoms with van der Waals surface area (Å²) in [7, 11) is 1.56. The second-order valence-corrected chi connectivity index (χ2v) is 9.24. The number of carbonyl (C=O) groups excluding carboxylic acids is 1. The molecule has 0 N–H and O–H groups in total. The van der Waals surface area contributed by atoms with Gasteiger partial charge >= 0.3 is 0 Å². The lowest BCUT2D eigenvalue weighted by Crippen LogP contribution is -2.34. The number of aromatic nitrogens is 2. The molecule has 4 rings (SSSR count). The number of anilines is 1. The molecule has 0 saturated carbocycles. The van der Waals surface area contributed by atoms with Gasteiger partial charge in [0.2, 0.25) is 18.2 Å². The van der Waals surface area contributed by atoms with Gasteiger partial charge in [0.05, 0.1) is 6.54 Å². The first-order valence-electron chi connectivity index (χ1n) is 10.2. The first-order chi connectivity index (χ1) is 14.9. The fourth-order valence-electron chi connectivity index (χ4n) is 3.09. The Labute approximate surface area is 185 Å². The Kier molecular flexibility index (Phi) is 8.08. The Morgan fingerprint density at radius 1 is 1.10 bits per heavy atom. The zero-order chi connectivity index (χ0) is 22.2. The maximum absolute atomic E-state index is 11.4. The van der Waals surface area contributed by atoms with Gasteiger partial charge in [-0.1, -0.05) is 24.3 Å². The molecule has 8 heteroatoms. The van der Waals surface area contributed by atoms with Crippen LogP contribution in [0, 0.1) is 13.8 Å². The Balaban J connectivity index is 0.000000287. The predicted molar refractivity (Wildman–Crippen MR) is 123 cm³/mol. The number of benzene rings is 2. The molecule has 2 aromatic carbocycles. The van der Waals surface area contributed by atoms with Gasteiger partial charge in [0.25, 0.3) is 0 Å². The van der Waals surface area contributed by atoms with Crippen molar-refractivity contribution in [1.29, 1.82) is 0 Å². The van der Waals surface area contributed by atoms with E-state index in [1.165, 1.54) is 0 Å². The zero-order valence-electron chi connectivity index (χ0n) is 18.2. The van der Waals surface area contributed by atoms with Crippen LogP contribution < -0.4 is 4.90 Å². The molecule has 1 aliphatic heterocycles. The second kappa shape index (κ2) is 11.0. The van der Waals surface area contributed by atoms with Gasteiger partial charge in [-0.3, -0.25) is 9.00 Å². The molecular weight excluding hydrogens is 412 g/mol. The summed E-state index contributed by atoms with van der Waals surface area (Å²) in [5, 5.41) is 7.82. The zero-order valence-corrected chi connectivity index (χ0v) is 19.0. The van der Waals surface area contributed by atoms with E-state index in [9.17, 15) is 9.00 Å². The third-order valence-corrected chi connectivity index (χ3v) is 6.22. The fourth-order valence-corrected chi connectivity index (χ4v) is 4.32. The molecule has 0 bridgehead atoms. The lowest BCUT2D eigenvalue weighted by molar-refractivity contribution is -0.107. The number of hydrogen-bond donors (Lipinski definition) is 0. The maximum Gasteiger partial charge on any atom is 0.247 e. The predicted octanol–water partition coefficient (Wildman–Crippen LogP) is 3.20.